The monoisotopic (exact) mass is 300 g/mol. The van der Waals surface area contributed by atoms with E-state index < -0.39 is 0 Å². The third-order valence-electron chi connectivity index (χ3n) is 1.75. The highest BCUT2D eigenvalue weighted by Crippen LogP contribution is 2.34. The molecule has 0 unspecified atom stereocenters. The van der Waals surface area contributed by atoms with Gasteiger partial charge in [-0.15, -0.1) is 29.3 Å². The van der Waals surface area contributed by atoms with Crippen molar-refractivity contribution in [3.8, 4) is 10.6 Å². The average molecular weight is 301 g/mol. The fraction of sp³-hybridized carbons (Fsp3) is 0.100. The Kier molecular flexibility index (Phi) is 3.56. The van der Waals surface area contributed by atoms with Crippen molar-refractivity contribution in [2.45, 2.75) is 0 Å². The van der Waals surface area contributed by atoms with Crippen LogP contribution >= 0.6 is 38.6 Å². The van der Waals surface area contributed by atoms with Gasteiger partial charge in [0.15, 0.2) is 5.13 Å². The van der Waals surface area contributed by atoms with Crippen molar-refractivity contribution in [2.24, 2.45) is 0 Å². The van der Waals surface area contributed by atoms with Crippen molar-refractivity contribution in [3.05, 3.63) is 34.0 Å². The van der Waals surface area contributed by atoms with Crippen LogP contribution in [-0.2, 0) is 0 Å². The van der Waals surface area contributed by atoms with Gasteiger partial charge >= 0.3 is 0 Å². The van der Waals surface area contributed by atoms with Crippen LogP contribution in [-0.4, -0.2) is 11.5 Å². The molecule has 0 saturated heterocycles. The van der Waals surface area contributed by atoms with Crippen LogP contribution in [0.5, 0.6) is 0 Å². The molecule has 0 aliphatic heterocycles. The van der Waals surface area contributed by atoms with Gasteiger partial charge in [0.1, 0.15) is 0 Å². The molecule has 0 radical (unpaired) electrons. The van der Waals surface area contributed by atoms with Gasteiger partial charge < -0.3 is 5.32 Å². The fourth-order valence-electron chi connectivity index (χ4n) is 1.10. The van der Waals surface area contributed by atoms with E-state index in [-0.39, 0.29) is 0 Å². The molecule has 78 valence electrons. The summed E-state index contributed by atoms with van der Waals surface area (Å²) in [7, 11) is 0. The molecule has 0 atom stereocenters. The number of thiazole rings is 1. The second-order valence-corrected chi connectivity index (χ2v) is 5.43. The van der Waals surface area contributed by atoms with Gasteiger partial charge in [0.25, 0.3) is 0 Å². The van der Waals surface area contributed by atoms with Gasteiger partial charge in [0.05, 0.1) is 10.6 Å². The van der Waals surface area contributed by atoms with E-state index in [1.54, 1.807) is 22.7 Å². The summed E-state index contributed by atoms with van der Waals surface area (Å²) in [6.07, 6.45) is 1.82. The number of hydrogen-bond donors (Lipinski definition) is 1. The molecule has 0 aliphatic rings. The van der Waals surface area contributed by atoms with Crippen molar-refractivity contribution >= 4 is 43.7 Å². The van der Waals surface area contributed by atoms with E-state index in [1.807, 2.05) is 12.1 Å². The van der Waals surface area contributed by atoms with E-state index in [4.69, 9.17) is 0 Å². The summed E-state index contributed by atoms with van der Waals surface area (Å²) in [6, 6.07) is 2.04. The Hall–Kier alpha value is -0.650. The average Bonchev–Trinajstić information content (AvgIpc) is 2.83. The fourth-order valence-corrected chi connectivity index (χ4v) is 3.42. The van der Waals surface area contributed by atoms with E-state index in [0.717, 1.165) is 21.8 Å². The highest BCUT2D eigenvalue weighted by atomic mass is 79.9. The highest BCUT2D eigenvalue weighted by Gasteiger charge is 2.08. The van der Waals surface area contributed by atoms with E-state index in [2.05, 4.69) is 43.6 Å². The predicted molar refractivity (Wildman–Crippen MR) is 71.8 cm³/mol. The molecular formula is C10H9BrN2S2. The maximum Gasteiger partial charge on any atom is 0.183 e. The lowest BCUT2D eigenvalue weighted by atomic mass is 10.4. The number of halogens is 1. The summed E-state index contributed by atoms with van der Waals surface area (Å²) in [4.78, 5) is 5.67. The number of hydrogen-bond acceptors (Lipinski definition) is 4. The normalized spacial score (nSPS) is 10.2. The molecule has 15 heavy (non-hydrogen) atoms. The lowest BCUT2D eigenvalue weighted by Gasteiger charge is -1.95. The molecule has 0 saturated carbocycles. The minimum atomic E-state index is 0.749. The second-order valence-electron chi connectivity index (χ2n) is 2.81. The van der Waals surface area contributed by atoms with Gasteiger partial charge in [0, 0.05) is 16.4 Å². The summed E-state index contributed by atoms with van der Waals surface area (Å²) in [5.41, 5.74) is 1.02. The van der Waals surface area contributed by atoms with Gasteiger partial charge in [-0.1, -0.05) is 6.08 Å². The molecule has 5 heteroatoms. The van der Waals surface area contributed by atoms with Crippen LogP contribution in [0.25, 0.3) is 10.6 Å². The molecule has 2 nitrogen and oxygen atoms in total. The van der Waals surface area contributed by atoms with Crippen molar-refractivity contribution in [3.63, 3.8) is 0 Å². The lowest BCUT2D eigenvalue weighted by molar-refractivity contribution is 1.29. The van der Waals surface area contributed by atoms with Gasteiger partial charge in [-0.2, -0.15) is 0 Å². The van der Waals surface area contributed by atoms with Crippen LogP contribution in [0.3, 0.4) is 0 Å². The summed E-state index contributed by atoms with van der Waals surface area (Å²) in [6.45, 7) is 4.40. The molecule has 0 aliphatic carbocycles. The Morgan fingerprint density at radius 2 is 2.40 bits per heavy atom. The molecule has 0 spiro atoms. The van der Waals surface area contributed by atoms with Crippen molar-refractivity contribution < 1.29 is 0 Å². The van der Waals surface area contributed by atoms with E-state index in [9.17, 15) is 0 Å². The first-order chi connectivity index (χ1) is 7.31. The zero-order valence-corrected chi connectivity index (χ0v) is 11.1. The highest BCUT2D eigenvalue weighted by molar-refractivity contribution is 9.10. The Bertz CT molecular complexity index is 461. The predicted octanol–water partition coefficient (Wildman–Crippen LogP) is 4.23. The molecule has 2 rings (SSSR count). The summed E-state index contributed by atoms with van der Waals surface area (Å²) >= 11 is 6.80. The third-order valence-corrected chi connectivity index (χ3v) is 4.41. The first kappa shape index (κ1) is 10.9. The molecule has 0 bridgehead atoms. The standard InChI is InChI=1S/C10H9BrN2S2/c1-2-4-12-10-13-8(6-15-10)9-7(11)3-5-14-9/h2-3,5-6H,1,4H2,(H,12,13). The van der Waals surface area contributed by atoms with Gasteiger partial charge in [0.2, 0.25) is 0 Å². The largest absolute Gasteiger partial charge is 0.358 e. The summed E-state index contributed by atoms with van der Waals surface area (Å²) in [5, 5.41) is 8.22. The van der Waals surface area contributed by atoms with Crippen LogP contribution in [0.15, 0.2) is 34.0 Å². The minimum absolute atomic E-state index is 0.749. The van der Waals surface area contributed by atoms with Crippen molar-refractivity contribution in [1.82, 2.24) is 4.98 Å². The van der Waals surface area contributed by atoms with Crippen LogP contribution in [0.4, 0.5) is 5.13 Å². The molecule has 0 aromatic carbocycles. The smallest absolute Gasteiger partial charge is 0.183 e. The first-order valence-electron chi connectivity index (χ1n) is 4.35. The SMILES string of the molecule is C=CCNc1nc(-c2sccc2Br)cs1. The van der Waals surface area contributed by atoms with Crippen molar-refractivity contribution in [2.75, 3.05) is 11.9 Å². The second kappa shape index (κ2) is 4.92. The first-order valence-corrected chi connectivity index (χ1v) is 6.90. The van der Waals surface area contributed by atoms with Gasteiger partial charge in [-0.3, -0.25) is 0 Å². The van der Waals surface area contributed by atoms with E-state index >= 15 is 0 Å². The molecule has 0 amide bonds. The van der Waals surface area contributed by atoms with Crippen LogP contribution < -0.4 is 5.32 Å². The Labute approximate surface area is 105 Å². The summed E-state index contributed by atoms with van der Waals surface area (Å²) < 4.78 is 1.10. The van der Waals surface area contributed by atoms with Crippen LogP contribution in [0, 0.1) is 0 Å². The maximum absolute atomic E-state index is 4.49. The minimum Gasteiger partial charge on any atom is -0.358 e. The maximum atomic E-state index is 4.49. The number of aromatic nitrogens is 1. The van der Waals surface area contributed by atoms with E-state index in [0.29, 0.717) is 0 Å². The molecule has 2 aromatic heterocycles. The van der Waals surface area contributed by atoms with Crippen LogP contribution in [0.2, 0.25) is 0 Å². The van der Waals surface area contributed by atoms with Crippen molar-refractivity contribution in [1.29, 1.82) is 0 Å². The molecule has 2 heterocycles. The van der Waals surface area contributed by atoms with Gasteiger partial charge in [-0.05, 0) is 27.4 Å². The number of rotatable bonds is 4. The molecule has 2 aromatic rings. The molecule has 1 N–H and O–H groups in total. The quantitative estimate of drug-likeness (QED) is 0.855. The van der Waals surface area contributed by atoms with Gasteiger partial charge in [-0.25, -0.2) is 4.98 Å². The zero-order chi connectivity index (χ0) is 10.7. The Morgan fingerprint density at radius 1 is 1.53 bits per heavy atom. The Morgan fingerprint density at radius 3 is 3.07 bits per heavy atom. The number of nitrogens with one attached hydrogen (secondary N) is 1. The topological polar surface area (TPSA) is 24.9 Å². The Balaban J connectivity index is 2.20. The number of anilines is 1. The molecule has 0 fully saturated rings. The van der Waals surface area contributed by atoms with Crippen LogP contribution in [0.1, 0.15) is 0 Å². The number of thiophene rings is 1. The lowest BCUT2D eigenvalue weighted by Crippen LogP contribution is -1.96. The third kappa shape index (κ3) is 2.48. The zero-order valence-electron chi connectivity index (χ0n) is 7.87. The van der Waals surface area contributed by atoms with E-state index in [1.165, 1.54) is 4.88 Å². The summed E-state index contributed by atoms with van der Waals surface area (Å²) in [5.74, 6) is 0. The molecular weight excluding hydrogens is 292 g/mol. The number of nitrogens with zero attached hydrogens (tertiary/aromatic N) is 1.